The number of hydrogen-bond donors (Lipinski definition) is 2. The Morgan fingerprint density at radius 3 is 2.55 bits per heavy atom. The number of rotatable bonds is 6. The van der Waals surface area contributed by atoms with Crippen molar-refractivity contribution in [3.8, 4) is 0 Å². The van der Waals surface area contributed by atoms with Crippen molar-refractivity contribution in [1.29, 1.82) is 0 Å². The summed E-state index contributed by atoms with van der Waals surface area (Å²) in [5.74, 6) is 0.0261. The van der Waals surface area contributed by atoms with Crippen LogP contribution in [0, 0.1) is 6.92 Å². The largest absolute Gasteiger partial charge is 0.477 e. The molecule has 2 aromatic rings. The van der Waals surface area contributed by atoms with Gasteiger partial charge in [0.25, 0.3) is 0 Å². The molecule has 0 saturated carbocycles. The molecule has 1 heterocycles. The number of carboxylic acid groups (broad SMARTS) is 1. The number of aromatic nitrogens is 2. The van der Waals surface area contributed by atoms with Gasteiger partial charge >= 0.3 is 5.97 Å². The summed E-state index contributed by atoms with van der Waals surface area (Å²) in [5.41, 5.74) is 2.26. The summed E-state index contributed by atoms with van der Waals surface area (Å²) in [7, 11) is 0. The number of anilines is 1. The molecule has 22 heavy (non-hydrogen) atoms. The van der Waals surface area contributed by atoms with E-state index >= 15 is 0 Å². The summed E-state index contributed by atoms with van der Waals surface area (Å²) >= 11 is 0. The van der Waals surface area contributed by atoms with Gasteiger partial charge in [0.05, 0.1) is 0 Å². The molecule has 5 nitrogen and oxygen atoms in total. The highest BCUT2D eigenvalue weighted by Crippen LogP contribution is 2.13. The van der Waals surface area contributed by atoms with Crippen LogP contribution in [0.2, 0.25) is 0 Å². The molecule has 0 amide bonds. The Balaban J connectivity index is 2.28. The lowest BCUT2D eigenvalue weighted by Gasteiger charge is -2.13. The summed E-state index contributed by atoms with van der Waals surface area (Å²) in [6.45, 7) is 6.12. The zero-order valence-electron chi connectivity index (χ0n) is 13.1. The normalized spacial score (nSPS) is 12.0. The van der Waals surface area contributed by atoms with E-state index < -0.39 is 5.97 Å². The molecule has 1 aromatic heterocycles. The van der Waals surface area contributed by atoms with Gasteiger partial charge in [0.15, 0.2) is 5.69 Å². The Hall–Kier alpha value is -2.43. The summed E-state index contributed by atoms with van der Waals surface area (Å²) < 4.78 is 0. The van der Waals surface area contributed by atoms with Crippen molar-refractivity contribution < 1.29 is 9.90 Å². The smallest absolute Gasteiger partial charge is 0.354 e. The Labute approximate surface area is 130 Å². The highest BCUT2D eigenvalue weighted by Gasteiger charge is 2.12. The first-order chi connectivity index (χ1) is 10.5. The highest BCUT2D eigenvalue weighted by atomic mass is 16.4. The van der Waals surface area contributed by atoms with Gasteiger partial charge in [-0.3, -0.25) is 0 Å². The van der Waals surface area contributed by atoms with Crippen molar-refractivity contribution in [2.75, 3.05) is 5.32 Å². The van der Waals surface area contributed by atoms with E-state index in [-0.39, 0.29) is 11.7 Å². The second-order valence-corrected chi connectivity index (χ2v) is 5.48. The minimum absolute atomic E-state index is 0.0166. The number of aryl methyl sites for hydroxylation is 1. The van der Waals surface area contributed by atoms with Crippen molar-refractivity contribution >= 4 is 11.8 Å². The first-order valence-electron chi connectivity index (χ1n) is 7.41. The molecule has 0 radical (unpaired) electrons. The molecule has 1 unspecified atom stereocenters. The third kappa shape index (κ3) is 4.28. The lowest BCUT2D eigenvalue weighted by atomic mass is 10.1. The number of nitrogens with zero attached hydrogens (tertiary/aromatic N) is 2. The number of hydrogen-bond acceptors (Lipinski definition) is 4. The van der Waals surface area contributed by atoms with E-state index in [9.17, 15) is 9.90 Å². The summed E-state index contributed by atoms with van der Waals surface area (Å²) in [6.07, 6.45) is 1.44. The van der Waals surface area contributed by atoms with Crippen LogP contribution in [-0.4, -0.2) is 27.1 Å². The molecule has 1 aromatic carbocycles. The third-order valence-electron chi connectivity index (χ3n) is 3.48. The Bertz CT molecular complexity index is 653. The predicted molar refractivity (Wildman–Crippen MR) is 86.4 cm³/mol. The second-order valence-electron chi connectivity index (χ2n) is 5.48. The van der Waals surface area contributed by atoms with E-state index in [1.807, 2.05) is 38.1 Å². The molecule has 0 fully saturated rings. The molecule has 0 bridgehead atoms. The zero-order valence-corrected chi connectivity index (χ0v) is 13.1. The first kappa shape index (κ1) is 15.9. The van der Waals surface area contributed by atoms with Gasteiger partial charge in [-0.1, -0.05) is 36.8 Å². The monoisotopic (exact) mass is 299 g/mol. The number of carboxylic acids is 1. The molecule has 5 heteroatoms. The lowest BCUT2D eigenvalue weighted by molar-refractivity contribution is 0.0690. The molecule has 0 saturated heterocycles. The van der Waals surface area contributed by atoms with E-state index in [0.29, 0.717) is 18.1 Å². The van der Waals surface area contributed by atoms with Crippen molar-refractivity contribution in [2.45, 2.75) is 39.7 Å². The van der Waals surface area contributed by atoms with Gasteiger partial charge in [0, 0.05) is 18.5 Å². The van der Waals surface area contributed by atoms with E-state index in [1.54, 1.807) is 0 Å². The molecular formula is C17H21N3O2. The highest BCUT2D eigenvalue weighted by molar-refractivity contribution is 5.86. The molecule has 0 spiro atoms. The fourth-order valence-corrected chi connectivity index (χ4v) is 2.00. The summed E-state index contributed by atoms with van der Waals surface area (Å²) in [4.78, 5) is 19.8. The quantitative estimate of drug-likeness (QED) is 0.856. The maximum atomic E-state index is 11.2. The van der Waals surface area contributed by atoms with Crippen LogP contribution in [0.1, 0.15) is 47.7 Å². The van der Waals surface area contributed by atoms with E-state index in [4.69, 9.17) is 0 Å². The van der Waals surface area contributed by atoms with Gasteiger partial charge in [0.2, 0.25) is 0 Å². The number of benzene rings is 1. The number of aromatic carboxylic acids is 1. The molecule has 2 rings (SSSR count). The van der Waals surface area contributed by atoms with Crippen LogP contribution in [0.5, 0.6) is 0 Å². The van der Waals surface area contributed by atoms with Crippen molar-refractivity contribution in [2.24, 2.45) is 0 Å². The van der Waals surface area contributed by atoms with E-state index in [2.05, 4.69) is 22.2 Å². The predicted octanol–water partition coefficient (Wildman–Crippen LogP) is 3.28. The average Bonchev–Trinajstić information content (AvgIpc) is 2.49. The molecular weight excluding hydrogens is 278 g/mol. The van der Waals surface area contributed by atoms with Crippen molar-refractivity contribution in [3.05, 3.63) is 53.0 Å². The van der Waals surface area contributed by atoms with Crippen LogP contribution >= 0.6 is 0 Å². The van der Waals surface area contributed by atoms with Crippen LogP contribution in [0.3, 0.4) is 0 Å². The van der Waals surface area contributed by atoms with Crippen LogP contribution in [0.25, 0.3) is 0 Å². The molecule has 2 N–H and O–H groups in total. The number of nitrogens with one attached hydrogen (secondary N) is 1. The van der Waals surface area contributed by atoms with Gasteiger partial charge in [-0.25, -0.2) is 14.8 Å². The van der Waals surface area contributed by atoms with Crippen molar-refractivity contribution in [1.82, 2.24) is 9.97 Å². The van der Waals surface area contributed by atoms with Gasteiger partial charge in [0.1, 0.15) is 11.6 Å². The van der Waals surface area contributed by atoms with Gasteiger partial charge in [-0.05, 0) is 25.8 Å². The topological polar surface area (TPSA) is 75.1 Å². The van der Waals surface area contributed by atoms with Crippen molar-refractivity contribution in [3.63, 3.8) is 0 Å². The molecule has 1 atom stereocenters. The van der Waals surface area contributed by atoms with Crippen LogP contribution in [0.4, 0.5) is 5.82 Å². The van der Waals surface area contributed by atoms with Crippen LogP contribution < -0.4 is 5.32 Å². The summed E-state index contributed by atoms with van der Waals surface area (Å²) in [6, 6.07) is 9.77. The summed E-state index contributed by atoms with van der Waals surface area (Å²) in [5, 5.41) is 12.4. The van der Waals surface area contributed by atoms with E-state index in [0.717, 1.165) is 12.0 Å². The maximum absolute atomic E-state index is 11.2. The molecule has 0 aliphatic rings. The van der Waals surface area contributed by atoms with Gasteiger partial charge in [-0.2, -0.15) is 0 Å². The minimum Gasteiger partial charge on any atom is -0.477 e. The zero-order chi connectivity index (χ0) is 16.1. The Morgan fingerprint density at radius 2 is 1.95 bits per heavy atom. The molecule has 0 aliphatic carbocycles. The number of carbonyl (C=O) groups is 1. The third-order valence-corrected chi connectivity index (χ3v) is 3.48. The second kappa shape index (κ2) is 7.02. The fourth-order valence-electron chi connectivity index (χ4n) is 2.00. The Morgan fingerprint density at radius 1 is 1.27 bits per heavy atom. The average molecular weight is 299 g/mol. The van der Waals surface area contributed by atoms with Crippen LogP contribution in [-0.2, 0) is 6.42 Å². The van der Waals surface area contributed by atoms with Gasteiger partial charge in [-0.15, -0.1) is 0 Å². The lowest BCUT2D eigenvalue weighted by Crippen LogP contribution is -2.17. The molecule has 116 valence electrons. The molecule has 0 aliphatic heterocycles. The van der Waals surface area contributed by atoms with Gasteiger partial charge < -0.3 is 10.4 Å². The van der Waals surface area contributed by atoms with E-state index in [1.165, 1.54) is 11.6 Å². The SMILES string of the molecule is CCC(C)Nc1cc(C(=O)O)nc(Cc2ccc(C)cc2)n1. The first-order valence-corrected chi connectivity index (χ1v) is 7.41. The Kier molecular flexibility index (Phi) is 5.09. The minimum atomic E-state index is -1.04. The fraction of sp³-hybridized carbons (Fsp3) is 0.353. The van der Waals surface area contributed by atoms with Crippen LogP contribution in [0.15, 0.2) is 30.3 Å². The standard InChI is InChI=1S/C17H21N3O2/c1-4-12(3)18-16-10-14(17(21)22)19-15(20-16)9-13-7-5-11(2)6-8-13/h5-8,10,12H,4,9H2,1-3H3,(H,21,22)(H,18,19,20). The maximum Gasteiger partial charge on any atom is 0.354 e.